The molecule has 1 aromatic carbocycles. The lowest BCUT2D eigenvalue weighted by molar-refractivity contribution is -0.133. The van der Waals surface area contributed by atoms with Gasteiger partial charge in [0.1, 0.15) is 29.7 Å². The van der Waals surface area contributed by atoms with Gasteiger partial charge in [0.25, 0.3) is 11.8 Å². The number of benzene rings is 1. The first-order chi connectivity index (χ1) is 15.4. The van der Waals surface area contributed by atoms with E-state index in [9.17, 15) is 23.5 Å². The summed E-state index contributed by atoms with van der Waals surface area (Å²) in [5.41, 5.74) is 0.568. The molecule has 7 nitrogen and oxygen atoms in total. The Bertz CT molecular complexity index is 978. The Hall–Kier alpha value is -2.94. The van der Waals surface area contributed by atoms with Crippen molar-refractivity contribution in [3.8, 4) is 0 Å². The molecular weight excluding hydrogens is 420 g/mol. The van der Waals surface area contributed by atoms with Crippen LogP contribution in [0.25, 0.3) is 0 Å². The number of piperazine rings is 1. The molecule has 3 aliphatic rings. The molecule has 172 valence electrons. The smallest absolute Gasteiger partial charge is 0.274 e. The fourth-order valence-electron chi connectivity index (χ4n) is 4.65. The highest BCUT2D eigenvalue weighted by atomic mass is 19.1. The Kier molecular flexibility index (Phi) is 6.45. The van der Waals surface area contributed by atoms with Crippen molar-refractivity contribution in [2.45, 2.75) is 38.8 Å². The van der Waals surface area contributed by atoms with Gasteiger partial charge in [-0.05, 0) is 24.8 Å². The van der Waals surface area contributed by atoms with Gasteiger partial charge in [0.2, 0.25) is 0 Å². The van der Waals surface area contributed by atoms with Crippen molar-refractivity contribution in [2.24, 2.45) is 5.92 Å². The van der Waals surface area contributed by atoms with Crippen LogP contribution in [-0.4, -0.2) is 59.1 Å². The second kappa shape index (κ2) is 9.28. The molecular formula is C23H27F2N3O4. The summed E-state index contributed by atoms with van der Waals surface area (Å²) in [6, 6.07) is 3.11. The number of rotatable bonds is 4. The molecule has 2 amide bonds. The number of amides is 2. The summed E-state index contributed by atoms with van der Waals surface area (Å²) in [6.07, 6.45) is 4.33. The minimum atomic E-state index is -0.741. The zero-order valence-corrected chi connectivity index (χ0v) is 17.9. The minimum absolute atomic E-state index is 0.0622. The first kappa shape index (κ1) is 22.3. The zero-order chi connectivity index (χ0) is 22.8. The van der Waals surface area contributed by atoms with E-state index in [1.54, 1.807) is 16.0 Å². The van der Waals surface area contributed by atoms with Crippen LogP contribution in [0.2, 0.25) is 0 Å². The van der Waals surface area contributed by atoms with Crippen LogP contribution in [0.5, 0.6) is 0 Å². The monoisotopic (exact) mass is 447 g/mol. The average Bonchev–Trinajstić information content (AvgIpc) is 2.94. The van der Waals surface area contributed by atoms with Crippen molar-refractivity contribution in [3.05, 3.63) is 58.6 Å². The van der Waals surface area contributed by atoms with E-state index in [1.165, 1.54) is 6.07 Å². The largest absolute Gasteiger partial charge is 0.507 e. The lowest BCUT2D eigenvalue weighted by Gasteiger charge is -2.44. The fourth-order valence-corrected chi connectivity index (χ4v) is 4.65. The Morgan fingerprint density at radius 1 is 1.31 bits per heavy atom. The Balaban J connectivity index is 1.62. The van der Waals surface area contributed by atoms with Crippen LogP contribution in [0.1, 0.15) is 31.7 Å². The molecule has 2 N–H and O–H groups in total. The van der Waals surface area contributed by atoms with Crippen molar-refractivity contribution >= 4 is 11.8 Å². The second-order valence-electron chi connectivity index (χ2n) is 8.40. The Morgan fingerprint density at radius 3 is 2.88 bits per heavy atom. The van der Waals surface area contributed by atoms with E-state index in [2.05, 4.69) is 12.2 Å². The highest BCUT2D eigenvalue weighted by molar-refractivity contribution is 5.96. The summed E-state index contributed by atoms with van der Waals surface area (Å²) >= 11 is 0. The number of carbonyl (C=O) groups excluding carboxylic acids is 2. The van der Waals surface area contributed by atoms with Crippen LogP contribution in [0.4, 0.5) is 8.78 Å². The summed E-state index contributed by atoms with van der Waals surface area (Å²) in [5.74, 6) is -2.04. The van der Waals surface area contributed by atoms with Crippen LogP contribution in [0.15, 0.2) is 41.4 Å². The molecule has 0 spiro atoms. The molecule has 3 heterocycles. The molecule has 2 saturated heterocycles. The maximum atomic E-state index is 13.9. The van der Waals surface area contributed by atoms with Gasteiger partial charge < -0.3 is 25.0 Å². The van der Waals surface area contributed by atoms with Crippen LogP contribution in [-0.2, 0) is 20.9 Å². The molecule has 32 heavy (non-hydrogen) atoms. The van der Waals surface area contributed by atoms with Gasteiger partial charge in [-0.2, -0.15) is 0 Å². The van der Waals surface area contributed by atoms with E-state index in [0.717, 1.165) is 31.4 Å². The first-order valence-corrected chi connectivity index (χ1v) is 10.9. The zero-order valence-electron chi connectivity index (χ0n) is 17.9. The van der Waals surface area contributed by atoms with Gasteiger partial charge in [-0.15, -0.1) is 0 Å². The minimum Gasteiger partial charge on any atom is -0.507 e. The van der Waals surface area contributed by atoms with Gasteiger partial charge in [-0.1, -0.05) is 19.4 Å². The van der Waals surface area contributed by atoms with E-state index >= 15 is 0 Å². The van der Waals surface area contributed by atoms with Crippen LogP contribution in [0.3, 0.4) is 0 Å². The van der Waals surface area contributed by atoms with Gasteiger partial charge in [0.05, 0.1) is 18.2 Å². The van der Waals surface area contributed by atoms with Crippen LogP contribution in [0, 0.1) is 17.6 Å². The van der Waals surface area contributed by atoms with Gasteiger partial charge in [-0.25, -0.2) is 8.78 Å². The number of carbonyl (C=O) groups is 2. The molecule has 1 aromatic rings. The summed E-state index contributed by atoms with van der Waals surface area (Å²) in [5, 5.41) is 13.2. The highest BCUT2D eigenvalue weighted by Crippen LogP contribution is 2.34. The number of hydrogen-bond acceptors (Lipinski definition) is 5. The van der Waals surface area contributed by atoms with E-state index < -0.39 is 17.5 Å². The summed E-state index contributed by atoms with van der Waals surface area (Å²) in [4.78, 5) is 29.4. The maximum absolute atomic E-state index is 13.9. The summed E-state index contributed by atoms with van der Waals surface area (Å²) in [6.45, 7) is 2.88. The lowest BCUT2D eigenvalue weighted by Crippen LogP contribution is -2.55. The molecule has 0 radical (unpaired) electrons. The molecule has 2 atom stereocenters. The van der Waals surface area contributed by atoms with Crippen molar-refractivity contribution in [1.29, 1.82) is 0 Å². The number of nitrogens with zero attached hydrogens (tertiary/aromatic N) is 2. The van der Waals surface area contributed by atoms with E-state index in [0.29, 0.717) is 19.0 Å². The average molecular weight is 447 g/mol. The third-order valence-corrected chi connectivity index (χ3v) is 6.39. The predicted molar refractivity (Wildman–Crippen MR) is 112 cm³/mol. The van der Waals surface area contributed by atoms with Crippen molar-refractivity contribution < 1.29 is 28.2 Å². The van der Waals surface area contributed by atoms with E-state index in [1.807, 2.05) is 0 Å². The number of aliphatic hydroxyl groups is 1. The number of fused-ring (bicyclic) bond motifs is 4. The molecule has 2 unspecified atom stereocenters. The van der Waals surface area contributed by atoms with Gasteiger partial charge in [0, 0.05) is 37.5 Å². The standard InChI is InChI=1S/C23H27F2N3O4/c1-2-14-4-3-7-27-11-19(14)28-10-16(12-32-13-20(29)21(28)23(27)31)22(30)26-9-15-5-6-17(24)8-18(15)25/h5-6,8,10,14,19,29H,2-4,7,9,11-13H2,1H3,(H,26,30)/b16-10+,21-20+. The Morgan fingerprint density at radius 2 is 2.12 bits per heavy atom. The second-order valence-corrected chi connectivity index (χ2v) is 8.40. The Labute approximate surface area is 185 Å². The first-order valence-electron chi connectivity index (χ1n) is 10.9. The van der Waals surface area contributed by atoms with Gasteiger partial charge >= 0.3 is 0 Å². The SMILES string of the molecule is CCC1CCCN2CC1N1/C=C(/C(=O)NCc3ccc(F)cc3F)COC/C(O)=C\1C2=O. The molecule has 2 fully saturated rings. The van der Waals surface area contributed by atoms with Crippen molar-refractivity contribution in [2.75, 3.05) is 26.3 Å². The van der Waals surface area contributed by atoms with Gasteiger partial charge in [-0.3, -0.25) is 9.59 Å². The predicted octanol–water partition coefficient (Wildman–Crippen LogP) is 2.60. The quantitative estimate of drug-likeness (QED) is 0.742. The number of aliphatic hydroxyl groups excluding tert-OH is 1. The molecule has 0 aliphatic carbocycles. The van der Waals surface area contributed by atoms with Crippen molar-refractivity contribution in [1.82, 2.24) is 15.1 Å². The molecule has 4 rings (SSSR count). The third-order valence-electron chi connectivity index (χ3n) is 6.39. The number of hydrogen-bond donors (Lipinski definition) is 2. The fraction of sp³-hybridized carbons (Fsp3) is 0.478. The summed E-state index contributed by atoms with van der Waals surface area (Å²) < 4.78 is 32.5. The number of ether oxygens (including phenoxy) is 1. The highest BCUT2D eigenvalue weighted by Gasteiger charge is 2.42. The number of nitrogens with one attached hydrogen (secondary N) is 1. The molecule has 0 aromatic heterocycles. The van der Waals surface area contributed by atoms with Crippen LogP contribution >= 0.6 is 0 Å². The normalized spacial score (nSPS) is 27.6. The molecule has 9 heteroatoms. The third kappa shape index (κ3) is 4.34. The van der Waals surface area contributed by atoms with E-state index in [-0.39, 0.29) is 54.3 Å². The molecule has 2 bridgehead atoms. The van der Waals surface area contributed by atoms with Gasteiger partial charge in [0.15, 0.2) is 0 Å². The van der Waals surface area contributed by atoms with Crippen LogP contribution < -0.4 is 5.32 Å². The number of halogens is 2. The van der Waals surface area contributed by atoms with E-state index in [4.69, 9.17) is 4.74 Å². The maximum Gasteiger partial charge on any atom is 0.274 e. The van der Waals surface area contributed by atoms with Crippen molar-refractivity contribution in [3.63, 3.8) is 0 Å². The molecule has 0 saturated carbocycles. The lowest BCUT2D eigenvalue weighted by atomic mass is 9.90. The topological polar surface area (TPSA) is 82.1 Å². The summed E-state index contributed by atoms with van der Waals surface area (Å²) in [7, 11) is 0. The molecule has 3 aliphatic heterocycles.